The number of likely N-dealkylation sites (N-methyl/N-ethyl adjacent to an activating group) is 1. The van der Waals surface area contributed by atoms with Crippen molar-refractivity contribution in [2.45, 2.75) is 13.0 Å². The first-order valence-corrected chi connectivity index (χ1v) is 6.51. The fraction of sp³-hybridized carbons (Fsp3) is 0.455. The van der Waals surface area contributed by atoms with Gasteiger partial charge in [0.25, 0.3) is 0 Å². The Morgan fingerprint density at radius 3 is 3.00 bits per heavy atom. The molecule has 2 aromatic rings. The second-order valence-electron chi connectivity index (χ2n) is 3.87. The van der Waals surface area contributed by atoms with Gasteiger partial charge in [0.1, 0.15) is 10.6 Å². The van der Waals surface area contributed by atoms with E-state index in [0.717, 1.165) is 16.0 Å². The van der Waals surface area contributed by atoms with Crippen LogP contribution in [0.2, 0.25) is 5.28 Å². The molecule has 0 N–H and O–H groups in total. The molecule has 1 atom stereocenters. The summed E-state index contributed by atoms with van der Waals surface area (Å²) in [5.74, 6) is 0.853. The number of nitrogens with zero attached hydrogens (tertiary/aromatic N) is 3. The highest BCUT2D eigenvalue weighted by atomic mass is 35.5. The van der Waals surface area contributed by atoms with E-state index in [4.69, 9.17) is 16.3 Å². The van der Waals surface area contributed by atoms with E-state index in [-0.39, 0.29) is 11.3 Å². The minimum absolute atomic E-state index is 0.231. The second kappa shape index (κ2) is 5.16. The number of hydrogen-bond donors (Lipinski definition) is 0. The van der Waals surface area contributed by atoms with Crippen molar-refractivity contribution in [3.05, 3.63) is 16.7 Å². The van der Waals surface area contributed by atoms with Gasteiger partial charge in [-0.05, 0) is 30.0 Å². The van der Waals surface area contributed by atoms with Crippen molar-refractivity contribution in [2.24, 2.45) is 0 Å². The number of halogens is 1. The molecule has 0 aromatic carbocycles. The van der Waals surface area contributed by atoms with Crippen LogP contribution in [-0.2, 0) is 4.74 Å². The predicted molar refractivity (Wildman–Crippen MR) is 72.2 cm³/mol. The van der Waals surface area contributed by atoms with E-state index in [9.17, 15) is 0 Å². The lowest BCUT2D eigenvalue weighted by Crippen LogP contribution is -2.33. The molecule has 2 heterocycles. The molecule has 2 aromatic heterocycles. The average Bonchev–Trinajstić information content (AvgIpc) is 2.75. The van der Waals surface area contributed by atoms with E-state index < -0.39 is 0 Å². The fourth-order valence-electron chi connectivity index (χ4n) is 1.65. The minimum Gasteiger partial charge on any atom is -0.383 e. The van der Waals surface area contributed by atoms with Gasteiger partial charge in [0, 0.05) is 14.2 Å². The van der Waals surface area contributed by atoms with Crippen LogP contribution in [0.1, 0.15) is 6.92 Å². The summed E-state index contributed by atoms with van der Waals surface area (Å²) in [7, 11) is 3.68. The standard InChI is InChI=1S/C11H14ClN3OS/c1-7(6-16-3)15(2)9-8-4-5-17-10(8)14-11(12)13-9/h4-5,7H,6H2,1-3H3. The summed E-state index contributed by atoms with van der Waals surface area (Å²) in [6.07, 6.45) is 0. The maximum Gasteiger partial charge on any atom is 0.225 e. The van der Waals surface area contributed by atoms with Crippen LogP contribution in [0.3, 0.4) is 0 Å². The van der Waals surface area contributed by atoms with Gasteiger partial charge in [0.05, 0.1) is 18.0 Å². The topological polar surface area (TPSA) is 38.2 Å². The highest BCUT2D eigenvalue weighted by Gasteiger charge is 2.16. The van der Waals surface area contributed by atoms with Gasteiger partial charge in [-0.2, -0.15) is 4.98 Å². The van der Waals surface area contributed by atoms with Gasteiger partial charge in [0.2, 0.25) is 5.28 Å². The maximum absolute atomic E-state index is 5.93. The molecular weight excluding hydrogens is 258 g/mol. The third-order valence-corrected chi connectivity index (χ3v) is 3.66. The second-order valence-corrected chi connectivity index (χ2v) is 5.10. The van der Waals surface area contributed by atoms with Gasteiger partial charge in [-0.25, -0.2) is 4.98 Å². The molecule has 0 amide bonds. The molecular formula is C11H14ClN3OS. The average molecular weight is 272 g/mol. The van der Waals surface area contributed by atoms with Crippen LogP contribution in [-0.4, -0.2) is 36.8 Å². The maximum atomic E-state index is 5.93. The number of anilines is 1. The molecule has 0 aliphatic carbocycles. The highest BCUT2D eigenvalue weighted by molar-refractivity contribution is 7.16. The third-order valence-electron chi connectivity index (χ3n) is 2.68. The summed E-state index contributed by atoms with van der Waals surface area (Å²) in [5.41, 5.74) is 0. The molecule has 17 heavy (non-hydrogen) atoms. The number of aromatic nitrogens is 2. The molecule has 0 saturated carbocycles. The molecule has 0 saturated heterocycles. The molecule has 0 fully saturated rings. The molecule has 0 aliphatic heterocycles. The molecule has 1 unspecified atom stereocenters. The molecule has 2 rings (SSSR count). The van der Waals surface area contributed by atoms with Gasteiger partial charge in [-0.1, -0.05) is 0 Å². The Morgan fingerprint density at radius 2 is 2.29 bits per heavy atom. The number of ether oxygens (including phenoxy) is 1. The first-order chi connectivity index (χ1) is 8.13. The van der Waals surface area contributed by atoms with Crippen molar-refractivity contribution in [2.75, 3.05) is 25.7 Å². The SMILES string of the molecule is COCC(C)N(C)c1nc(Cl)nc2sccc12. The van der Waals surface area contributed by atoms with E-state index in [2.05, 4.69) is 21.8 Å². The van der Waals surface area contributed by atoms with Crippen molar-refractivity contribution >= 4 is 39.0 Å². The van der Waals surface area contributed by atoms with Crippen molar-refractivity contribution in [3.8, 4) is 0 Å². The van der Waals surface area contributed by atoms with Crippen LogP contribution in [0, 0.1) is 0 Å². The van der Waals surface area contributed by atoms with Crippen LogP contribution >= 0.6 is 22.9 Å². The lowest BCUT2D eigenvalue weighted by Gasteiger charge is -2.25. The molecule has 0 aliphatic rings. The third kappa shape index (κ3) is 2.51. The monoisotopic (exact) mass is 271 g/mol. The Hall–Kier alpha value is -0.910. The molecule has 0 radical (unpaired) electrons. The number of thiophene rings is 1. The lowest BCUT2D eigenvalue weighted by atomic mass is 10.3. The Bertz CT molecular complexity index is 516. The predicted octanol–water partition coefficient (Wildman–Crippen LogP) is 2.82. The quantitative estimate of drug-likeness (QED) is 0.802. The molecule has 6 heteroatoms. The zero-order valence-electron chi connectivity index (χ0n) is 9.98. The van der Waals surface area contributed by atoms with Gasteiger partial charge in [0.15, 0.2) is 0 Å². The van der Waals surface area contributed by atoms with Crippen molar-refractivity contribution in [3.63, 3.8) is 0 Å². The molecule has 92 valence electrons. The normalized spacial score (nSPS) is 12.9. The first-order valence-electron chi connectivity index (χ1n) is 5.26. The highest BCUT2D eigenvalue weighted by Crippen LogP contribution is 2.29. The van der Waals surface area contributed by atoms with Crippen LogP contribution in [0.4, 0.5) is 5.82 Å². The first kappa shape index (κ1) is 12.5. The molecule has 0 bridgehead atoms. The molecule has 4 nitrogen and oxygen atoms in total. The molecule has 0 spiro atoms. The van der Waals surface area contributed by atoms with E-state index in [0.29, 0.717) is 6.61 Å². The summed E-state index contributed by atoms with van der Waals surface area (Å²) in [5, 5.41) is 3.31. The summed E-state index contributed by atoms with van der Waals surface area (Å²) >= 11 is 7.50. The van der Waals surface area contributed by atoms with Gasteiger partial charge >= 0.3 is 0 Å². The van der Waals surface area contributed by atoms with Gasteiger partial charge < -0.3 is 9.64 Å². The summed E-state index contributed by atoms with van der Waals surface area (Å²) in [6, 6.07) is 2.25. The Kier molecular flexibility index (Phi) is 3.81. The Balaban J connectivity index is 2.43. The number of hydrogen-bond acceptors (Lipinski definition) is 5. The van der Waals surface area contributed by atoms with Crippen molar-refractivity contribution in [1.82, 2.24) is 9.97 Å². The van der Waals surface area contributed by atoms with Gasteiger partial charge in [-0.15, -0.1) is 11.3 Å². The van der Waals surface area contributed by atoms with Crippen LogP contribution in [0.5, 0.6) is 0 Å². The zero-order chi connectivity index (χ0) is 12.4. The van der Waals surface area contributed by atoms with Crippen molar-refractivity contribution < 1.29 is 4.74 Å². The lowest BCUT2D eigenvalue weighted by molar-refractivity contribution is 0.183. The number of methoxy groups -OCH3 is 1. The summed E-state index contributed by atoms with van der Waals surface area (Å²) in [6.45, 7) is 2.72. The Labute approximate surface area is 109 Å². The van der Waals surface area contributed by atoms with Crippen LogP contribution < -0.4 is 4.90 Å². The van der Waals surface area contributed by atoms with E-state index in [1.807, 2.05) is 18.5 Å². The van der Waals surface area contributed by atoms with Crippen molar-refractivity contribution in [1.29, 1.82) is 0 Å². The van der Waals surface area contributed by atoms with Crippen LogP contribution in [0.15, 0.2) is 11.4 Å². The Morgan fingerprint density at radius 1 is 1.53 bits per heavy atom. The van der Waals surface area contributed by atoms with Gasteiger partial charge in [-0.3, -0.25) is 0 Å². The van der Waals surface area contributed by atoms with E-state index in [1.54, 1.807) is 18.4 Å². The summed E-state index contributed by atoms with van der Waals surface area (Å²) in [4.78, 5) is 11.5. The van der Waals surface area contributed by atoms with E-state index >= 15 is 0 Å². The number of rotatable bonds is 4. The zero-order valence-corrected chi connectivity index (χ0v) is 11.5. The summed E-state index contributed by atoms with van der Waals surface area (Å²) < 4.78 is 5.15. The minimum atomic E-state index is 0.231. The smallest absolute Gasteiger partial charge is 0.225 e. The number of fused-ring (bicyclic) bond motifs is 1. The van der Waals surface area contributed by atoms with Crippen LogP contribution in [0.25, 0.3) is 10.2 Å². The fourth-order valence-corrected chi connectivity index (χ4v) is 2.62. The largest absolute Gasteiger partial charge is 0.383 e. The van der Waals surface area contributed by atoms with E-state index in [1.165, 1.54) is 0 Å².